The van der Waals surface area contributed by atoms with Crippen LogP contribution in [0.3, 0.4) is 0 Å². The van der Waals surface area contributed by atoms with Gasteiger partial charge in [-0.15, -0.1) is 0 Å². The topological polar surface area (TPSA) is 58.2 Å². The third kappa shape index (κ3) is 3.92. The lowest BCUT2D eigenvalue weighted by molar-refractivity contribution is 0.361. The summed E-state index contributed by atoms with van der Waals surface area (Å²) in [6.07, 6.45) is 1.59. The minimum Gasteiger partial charge on any atom is -0.314 e. The fourth-order valence-corrected chi connectivity index (χ4v) is 3.97. The fourth-order valence-electron chi connectivity index (χ4n) is 2.17. The number of sulfonamides is 1. The van der Waals surface area contributed by atoms with Crippen LogP contribution in [0.4, 0.5) is 0 Å². The molecule has 7 heteroatoms. The van der Waals surface area contributed by atoms with Crippen molar-refractivity contribution in [2.75, 3.05) is 6.54 Å². The van der Waals surface area contributed by atoms with Gasteiger partial charge in [0.1, 0.15) is 0 Å². The molecule has 0 amide bonds. The largest absolute Gasteiger partial charge is 0.314 e. The van der Waals surface area contributed by atoms with Gasteiger partial charge in [0.25, 0.3) is 0 Å². The number of nitrogens with one attached hydrogen (secondary N) is 2. The van der Waals surface area contributed by atoms with Gasteiger partial charge in [-0.25, -0.2) is 13.1 Å². The summed E-state index contributed by atoms with van der Waals surface area (Å²) in [6.45, 7) is 2.88. The maximum absolute atomic E-state index is 12.3. The summed E-state index contributed by atoms with van der Waals surface area (Å²) >= 11 is 9.18. The van der Waals surface area contributed by atoms with Crippen LogP contribution in [-0.4, -0.2) is 27.0 Å². The molecular formula is C12H16BrClN2O2S. The normalized spacial score (nSPS) is 24.4. The SMILES string of the molecule is CC1CC(NS(=O)(=O)c2ccc(Br)c(Cl)c2)CCN1. The zero-order valence-corrected chi connectivity index (χ0v) is 13.6. The highest BCUT2D eigenvalue weighted by Crippen LogP contribution is 2.25. The third-order valence-corrected chi connectivity index (χ3v) is 5.90. The molecule has 0 aliphatic carbocycles. The van der Waals surface area contributed by atoms with Crippen molar-refractivity contribution in [3.8, 4) is 0 Å². The van der Waals surface area contributed by atoms with E-state index in [1.54, 1.807) is 12.1 Å². The van der Waals surface area contributed by atoms with Gasteiger partial charge >= 0.3 is 0 Å². The highest BCUT2D eigenvalue weighted by Gasteiger charge is 2.24. The molecule has 2 N–H and O–H groups in total. The summed E-state index contributed by atoms with van der Waals surface area (Å²) in [4.78, 5) is 0.201. The predicted octanol–water partition coefficient (Wildman–Crippen LogP) is 2.52. The van der Waals surface area contributed by atoms with Crippen LogP contribution in [0.15, 0.2) is 27.6 Å². The van der Waals surface area contributed by atoms with Gasteiger partial charge in [0, 0.05) is 16.6 Å². The van der Waals surface area contributed by atoms with E-state index in [9.17, 15) is 8.42 Å². The van der Waals surface area contributed by atoms with E-state index in [1.165, 1.54) is 6.07 Å². The fraction of sp³-hybridized carbons (Fsp3) is 0.500. The number of piperidine rings is 1. The lowest BCUT2D eigenvalue weighted by atomic mass is 10.0. The molecule has 0 radical (unpaired) electrons. The summed E-state index contributed by atoms with van der Waals surface area (Å²) in [7, 11) is -3.51. The Morgan fingerprint density at radius 2 is 2.21 bits per heavy atom. The van der Waals surface area contributed by atoms with E-state index in [4.69, 9.17) is 11.6 Å². The summed E-state index contributed by atoms with van der Waals surface area (Å²) in [5.41, 5.74) is 0. The maximum Gasteiger partial charge on any atom is 0.240 e. The van der Waals surface area contributed by atoms with Crippen LogP contribution in [0.2, 0.25) is 5.02 Å². The summed E-state index contributed by atoms with van der Waals surface area (Å²) in [5, 5.41) is 3.68. The van der Waals surface area contributed by atoms with Crippen molar-refractivity contribution in [1.82, 2.24) is 10.0 Å². The molecule has 1 aromatic rings. The molecule has 1 aliphatic rings. The van der Waals surface area contributed by atoms with Crippen molar-refractivity contribution in [3.63, 3.8) is 0 Å². The first kappa shape index (κ1) is 15.3. The van der Waals surface area contributed by atoms with Gasteiger partial charge < -0.3 is 5.32 Å². The lowest BCUT2D eigenvalue weighted by Gasteiger charge is -2.28. The van der Waals surface area contributed by atoms with E-state index < -0.39 is 10.0 Å². The number of hydrogen-bond donors (Lipinski definition) is 2. The van der Waals surface area contributed by atoms with Gasteiger partial charge in [0.05, 0.1) is 9.92 Å². The Bertz CT molecular complexity index is 565. The zero-order valence-electron chi connectivity index (χ0n) is 10.5. The number of benzene rings is 1. The summed E-state index contributed by atoms with van der Waals surface area (Å²) in [5.74, 6) is 0. The Labute approximate surface area is 127 Å². The molecular weight excluding hydrogens is 352 g/mol. The molecule has 19 heavy (non-hydrogen) atoms. The van der Waals surface area contributed by atoms with E-state index in [-0.39, 0.29) is 10.9 Å². The first-order valence-corrected chi connectivity index (χ1v) is 8.74. The predicted molar refractivity (Wildman–Crippen MR) is 80.0 cm³/mol. The Kier molecular flexibility index (Phi) is 4.89. The average Bonchev–Trinajstić information content (AvgIpc) is 2.32. The Hall–Kier alpha value is -0.140. The average molecular weight is 368 g/mol. The van der Waals surface area contributed by atoms with Gasteiger partial charge in [-0.2, -0.15) is 0 Å². The maximum atomic E-state index is 12.3. The van der Waals surface area contributed by atoms with E-state index in [0.29, 0.717) is 15.5 Å². The third-order valence-electron chi connectivity index (χ3n) is 3.15. The lowest BCUT2D eigenvalue weighted by Crippen LogP contribution is -2.46. The molecule has 106 valence electrons. The zero-order chi connectivity index (χ0) is 14.0. The molecule has 0 bridgehead atoms. The van der Waals surface area contributed by atoms with Gasteiger partial charge in [-0.3, -0.25) is 0 Å². The number of rotatable bonds is 3. The molecule has 2 rings (SSSR count). The first-order valence-electron chi connectivity index (χ1n) is 6.09. The van der Waals surface area contributed by atoms with Gasteiger partial charge in [-0.1, -0.05) is 11.6 Å². The second-order valence-electron chi connectivity index (χ2n) is 4.77. The van der Waals surface area contributed by atoms with Gasteiger partial charge in [0.2, 0.25) is 10.0 Å². The van der Waals surface area contributed by atoms with Gasteiger partial charge in [-0.05, 0) is 60.4 Å². The Balaban J connectivity index is 2.15. The molecule has 4 nitrogen and oxygen atoms in total. The molecule has 1 heterocycles. The van der Waals surface area contributed by atoms with Crippen molar-refractivity contribution in [2.24, 2.45) is 0 Å². The van der Waals surface area contributed by atoms with Gasteiger partial charge in [0.15, 0.2) is 0 Å². The van der Waals surface area contributed by atoms with Crippen molar-refractivity contribution in [2.45, 2.75) is 36.7 Å². The smallest absolute Gasteiger partial charge is 0.240 e. The number of hydrogen-bond acceptors (Lipinski definition) is 3. The van der Waals surface area contributed by atoms with E-state index in [1.807, 2.05) is 0 Å². The van der Waals surface area contributed by atoms with Crippen molar-refractivity contribution in [1.29, 1.82) is 0 Å². The van der Waals surface area contributed by atoms with Crippen molar-refractivity contribution in [3.05, 3.63) is 27.7 Å². The van der Waals surface area contributed by atoms with Crippen molar-refractivity contribution < 1.29 is 8.42 Å². The Morgan fingerprint density at radius 1 is 1.47 bits per heavy atom. The van der Waals surface area contributed by atoms with Crippen LogP contribution >= 0.6 is 27.5 Å². The number of halogens is 2. The minimum atomic E-state index is -3.51. The highest BCUT2D eigenvalue weighted by atomic mass is 79.9. The van der Waals surface area contributed by atoms with E-state index in [2.05, 4.69) is 32.9 Å². The molecule has 2 atom stereocenters. The molecule has 0 spiro atoms. The first-order chi connectivity index (χ1) is 8.88. The molecule has 1 aliphatic heterocycles. The van der Waals surface area contributed by atoms with E-state index in [0.717, 1.165) is 19.4 Å². The van der Waals surface area contributed by atoms with E-state index >= 15 is 0 Å². The standard InChI is InChI=1S/C12H16BrClN2O2S/c1-8-6-9(4-5-15-8)16-19(17,18)10-2-3-11(13)12(14)7-10/h2-3,7-9,15-16H,4-6H2,1H3. The molecule has 0 saturated carbocycles. The summed E-state index contributed by atoms with van der Waals surface area (Å²) < 4.78 is 28.0. The quantitative estimate of drug-likeness (QED) is 0.863. The van der Waals surface area contributed by atoms with Crippen LogP contribution in [0.5, 0.6) is 0 Å². The van der Waals surface area contributed by atoms with Crippen LogP contribution in [0.25, 0.3) is 0 Å². The molecule has 1 fully saturated rings. The monoisotopic (exact) mass is 366 g/mol. The molecule has 0 aromatic heterocycles. The highest BCUT2D eigenvalue weighted by molar-refractivity contribution is 9.10. The van der Waals surface area contributed by atoms with Crippen molar-refractivity contribution >= 4 is 37.6 Å². The molecule has 1 saturated heterocycles. The van der Waals surface area contributed by atoms with Crippen LogP contribution in [-0.2, 0) is 10.0 Å². The van der Waals surface area contributed by atoms with Crippen LogP contribution in [0.1, 0.15) is 19.8 Å². The second kappa shape index (κ2) is 6.10. The minimum absolute atomic E-state index is 0.0244. The summed E-state index contributed by atoms with van der Waals surface area (Å²) in [6, 6.07) is 4.95. The molecule has 2 unspecified atom stereocenters. The van der Waals surface area contributed by atoms with Crippen LogP contribution in [0, 0.1) is 0 Å². The second-order valence-corrected chi connectivity index (χ2v) is 7.75. The van der Waals surface area contributed by atoms with Crippen LogP contribution < -0.4 is 10.0 Å². The Morgan fingerprint density at radius 3 is 2.84 bits per heavy atom. The molecule has 1 aromatic carbocycles.